The van der Waals surface area contributed by atoms with Gasteiger partial charge in [-0.3, -0.25) is 14.4 Å². The van der Waals surface area contributed by atoms with Crippen molar-refractivity contribution in [2.75, 3.05) is 26.2 Å². The van der Waals surface area contributed by atoms with Crippen molar-refractivity contribution in [3.05, 3.63) is 0 Å². The maximum Gasteiger partial charge on any atom is 0.350 e. The Morgan fingerprint density at radius 3 is 2.39 bits per heavy atom. The predicted octanol–water partition coefficient (Wildman–Crippen LogP) is 2.04. The number of carbonyl (C=O) groups excluding carboxylic acids is 3. The molecule has 2 aliphatic rings. The van der Waals surface area contributed by atoms with E-state index in [4.69, 9.17) is 0 Å². The molecule has 2 heterocycles. The molecule has 4 N–H and O–H groups in total. The number of carboxylic acids is 1. The van der Waals surface area contributed by atoms with Crippen LogP contribution in [0.4, 0.5) is 0 Å². The Kier molecular flexibility index (Phi) is 12.7. The van der Waals surface area contributed by atoms with Crippen LogP contribution in [-0.2, 0) is 19.2 Å². The molecule has 0 saturated carbocycles. The smallest absolute Gasteiger partial charge is 0.350 e. The quantitative estimate of drug-likeness (QED) is 0.260. The summed E-state index contributed by atoms with van der Waals surface area (Å²) in [5.41, 5.74) is -1.87. The monoisotopic (exact) mass is 488 g/mol. The Morgan fingerprint density at radius 2 is 1.76 bits per heavy atom. The fraction of sp³-hybridized carbons (Fsp3) is 0.826. The molecule has 0 aromatic carbocycles. The molecule has 3 amide bonds. The fourth-order valence-electron chi connectivity index (χ4n) is 4.44. The standard InChI is InChI=1S/C23H40N4O5.ClH/c1-3-4-5-8-19(28)25-23(2,22(31)32)26-21(30)18-7-6-15-27(16-18)20(29)10-9-17-11-13-24-14-12-17;/h17-18,24H,3-16H2,1-2H3,(H,25,28)(H,26,30)(H,31,32);1H/t18-,23+;/m1./s1. The van der Waals surface area contributed by atoms with Crippen LogP contribution >= 0.6 is 12.4 Å². The summed E-state index contributed by atoms with van der Waals surface area (Å²) in [6, 6.07) is 0. The molecule has 0 unspecified atom stereocenters. The molecule has 33 heavy (non-hydrogen) atoms. The Bertz CT molecular complexity index is 671. The third kappa shape index (κ3) is 9.49. The van der Waals surface area contributed by atoms with E-state index >= 15 is 0 Å². The molecular formula is C23H41ClN4O5. The molecule has 2 aliphatic heterocycles. The van der Waals surface area contributed by atoms with Crippen LogP contribution in [0.25, 0.3) is 0 Å². The Morgan fingerprint density at radius 1 is 1.06 bits per heavy atom. The van der Waals surface area contributed by atoms with Crippen LogP contribution in [0, 0.1) is 11.8 Å². The average molecular weight is 489 g/mol. The van der Waals surface area contributed by atoms with Crippen LogP contribution < -0.4 is 16.0 Å². The highest BCUT2D eigenvalue weighted by atomic mass is 35.5. The highest BCUT2D eigenvalue weighted by Crippen LogP contribution is 2.22. The molecule has 0 aliphatic carbocycles. The van der Waals surface area contributed by atoms with Gasteiger partial charge < -0.3 is 26.0 Å². The highest BCUT2D eigenvalue weighted by Gasteiger charge is 2.39. The molecule has 10 heteroatoms. The van der Waals surface area contributed by atoms with Gasteiger partial charge in [-0.25, -0.2) is 4.79 Å². The zero-order valence-corrected chi connectivity index (χ0v) is 20.8. The molecular weight excluding hydrogens is 448 g/mol. The van der Waals surface area contributed by atoms with E-state index in [9.17, 15) is 24.3 Å². The maximum atomic E-state index is 12.9. The molecule has 2 atom stereocenters. The van der Waals surface area contributed by atoms with Crippen LogP contribution in [0.1, 0.15) is 78.1 Å². The van der Waals surface area contributed by atoms with Crippen LogP contribution in [0.3, 0.4) is 0 Å². The van der Waals surface area contributed by atoms with Gasteiger partial charge in [0.1, 0.15) is 0 Å². The summed E-state index contributed by atoms with van der Waals surface area (Å²) in [5.74, 6) is -2.02. The first kappa shape index (κ1) is 29.2. The van der Waals surface area contributed by atoms with Crippen molar-refractivity contribution in [3.8, 4) is 0 Å². The van der Waals surface area contributed by atoms with E-state index in [1.165, 1.54) is 6.92 Å². The second-order valence-corrected chi connectivity index (χ2v) is 9.34. The number of carboxylic acid groups (broad SMARTS) is 1. The van der Waals surface area contributed by atoms with Crippen molar-refractivity contribution in [1.82, 2.24) is 20.9 Å². The molecule has 0 spiro atoms. The Balaban J connectivity index is 0.00000544. The number of likely N-dealkylation sites (tertiary alicyclic amines) is 1. The summed E-state index contributed by atoms with van der Waals surface area (Å²) in [5, 5.41) is 17.9. The van der Waals surface area contributed by atoms with Crippen molar-refractivity contribution in [2.24, 2.45) is 11.8 Å². The van der Waals surface area contributed by atoms with Crippen LogP contribution in [-0.4, -0.2) is 65.5 Å². The summed E-state index contributed by atoms with van der Waals surface area (Å²) >= 11 is 0. The number of halogens is 1. The number of nitrogens with one attached hydrogen (secondary N) is 3. The van der Waals surface area contributed by atoms with E-state index in [2.05, 4.69) is 16.0 Å². The van der Waals surface area contributed by atoms with E-state index in [0.717, 1.165) is 45.2 Å². The van der Waals surface area contributed by atoms with Crippen molar-refractivity contribution in [3.63, 3.8) is 0 Å². The van der Waals surface area contributed by atoms with Crippen LogP contribution in [0.2, 0.25) is 0 Å². The first-order valence-electron chi connectivity index (χ1n) is 12.1. The topological polar surface area (TPSA) is 128 Å². The molecule has 0 radical (unpaired) electrons. The minimum absolute atomic E-state index is 0. The number of amides is 3. The number of piperidine rings is 2. The second-order valence-electron chi connectivity index (χ2n) is 9.34. The number of hydrogen-bond donors (Lipinski definition) is 4. The average Bonchev–Trinajstić information content (AvgIpc) is 2.78. The summed E-state index contributed by atoms with van der Waals surface area (Å²) in [6.45, 7) is 6.22. The first-order valence-corrected chi connectivity index (χ1v) is 12.1. The third-order valence-corrected chi connectivity index (χ3v) is 6.57. The zero-order chi connectivity index (χ0) is 23.6. The van der Waals surface area contributed by atoms with Crippen molar-refractivity contribution < 1.29 is 24.3 Å². The molecule has 2 fully saturated rings. The van der Waals surface area contributed by atoms with Gasteiger partial charge in [0.2, 0.25) is 23.4 Å². The van der Waals surface area contributed by atoms with Gasteiger partial charge in [-0.05, 0) is 64.5 Å². The summed E-state index contributed by atoms with van der Waals surface area (Å²) in [4.78, 5) is 51.3. The third-order valence-electron chi connectivity index (χ3n) is 6.57. The van der Waals surface area contributed by atoms with Crippen molar-refractivity contribution >= 4 is 36.1 Å². The summed E-state index contributed by atoms with van der Waals surface area (Å²) < 4.78 is 0. The van der Waals surface area contributed by atoms with Gasteiger partial charge in [-0.2, -0.15) is 0 Å². The molecule has 9 nitrogen and oxygen atoms in total. The lowest BCUT2D eigenvalue weighted by Gasteiger charge is -2.35. The Hall–Kier alpha value is -1.87. The highest BCUT2D eigenvalue weighted by molar-refractivity contribution is 5.91. The number of unbranched alkanes of at least 4 members (excludes halogenated alkanes) is 2. The van der Waals surface area contributed by atoms with Gasteiger partial charge in [0.25, 0.3) is 0 Å². The second kappa shape index (κ2) is 14.4. The van der Waals surface area contributed by atoms with Gasteiger partial charge in [-0.15, -0.1) is 12.4 Å². The summed E-state index contributed by atoms with van der Waals surface area (Å²) in [6.07, 6.45) is 7.55. The van der Waals surface area contributed by atoms with E-state index in [1.54, 1.807) is 4.90 Å². The number of rotatable bonds is 11. The summed E-state index contributed by atoms with van der Waals surface area (Å²) in [7, 11) is 0. The normalized spacial score (nSPS) is 20.8. The number of nitrogens with zero attached hydrogens (tertiary/aromatic N) is 1. The van der Waals surface area contributed by atoms with E-state index < -0.39 is 29.4 Å². The molecule has 2 saturated heterocycles. The van der Waals surface area contributed by atoms with Crippen LogP contribution in [0.15, 0.2) is 0 Å². The van der Waals surface area contributed by atoms with Gasteiger partial charge in [0, 0.05) is 25.9 Å². The molecule has 0 aromatic rings. The van der Waals surface area contributed by atoms with Crippen molar-refractivity contribution in [1.29, 1.82) is 0 Å². The van der Waals surface area contributed by atoms with Crippen LogP contribution in [0.5, 0.6) is 0 Å². The number of aliphatic carboxylic acids is 1. The Labute approximate surface area is 203 Å². The lowest BCUT2D eigenvalue weighted by molar-refractivity contribution is -0.152. The number of carbonyl (C=O) groups is 4. The predicted molar refractivity (Wildman–Crippen MR) is 128 cm³/mol. The first-order chi connectivity index (χ1) is 15.2. The lowest BCUT2D eigenvalue weighted by atomic mass is 9.92. The van der Waals surface area contributed by atoms with E-state index in [-0.39, 0.29) is 31.3 Å². The van der Waals surface area contributed by atoms with Gasteiger partial charge in [0.05, 0.1) is 5.92 Å². The largest absolute Gasteiger partial charge is 0.478 e. The van der Waals surface area contributed by atoms with E-state index in [1.807, 2.05) is 6.92 Å². The fourth-order valence-corrected chi connectivity index (χ4v) is 4.44. The zero-order valence-electron chi connectivity index (χ0n) is 20.0. The maximum absolute atomic E-state index is 12.9. The lowest BCUT2D eigenvalue weighted by Crippen LogP contribution is -2.65. The van der Waals surface area contributed by atoms with Gasteiger partial charge in [-0.1, -0.05) is 19.8 Å². The molecule has 2 rings (SSSR count). The van der Waals surface area contributed by atoms with E-state index in [0.29, 0.717) is 38.1 Å². The molecule has 0 aromatic heterocycles. The minimum Gasteiger partial charge on any atom is -0.478 e. The molecule has 0 bridgehead atoms. The van der Waals surface area contributed by atoms with Gasteiger partial charge >= 0.3 is 5.97 Å². The van der Waals surface area contributed by atoms with Gasteiger partial charge in [0.15, 0.2) is 0 Å². The SMILES string of the molecule is CCCCCC(=O)N[C@@](C)(NC(=O)[C@@H]1CCCN(C(=O)CCC2CCNCC2)C1)C(=O)O.Cl. The minimum atomic E-state index is -1.87. The van der Waals surface area contributed by atoms with Crippen molar-refractivity contribution in [2.45, 2.75) is 83.7 Å². The number of hydrogen-bond acceptors (Lipinski definition) is 5. The molecule has 190 valence electrons.